The Bertz CT molecular complexity index is 1420. The van der Waals surface area contributed by atoms with Gasteiger partial charge in [0.05, 0.1) is 35.2 Å². The van der Waals surface area contributed by atoms with E-state index in [9.17, 15) is 9.59 Å². The lowest BCUT2D eigenvalue weighted by atomic mass is 9.84. The summed E-state index contributed by atoms with van der Waals surface area (Å²) in [6.45, 7) is 3.63. The summed E-state index contributed by atoms with van der Waals surface area (Å²) in [5, 5.41) is 8.52. The molecule has 3 aromatic carbocycles. The van der Waals surface area contributed by atoms with E-state index >= 15 is 0 Å². The van der Waals surface area contributed by atoms with Crippen LogP contribution in [0.2, 0.25) is 0 Å². The molecule has 0 radical (unpaired) electrons. The maximum absolute atomic E-state index is 12.9. The molecule has 1 aromatic heterocycles. The van der Waals surface area contributed by atoms with E-state index in [0.717, 1.165) is 33.2 Å². The van der Waals surface area contributed by atoms with Crippen LogP contribution in [0, 0.1) is 0 Å². The summed E-state index contributed by atoms with van der Waals surface area (Å²) in [6.07, 6.45) is 3.62. The minimum absolute atomic E-state index is 0.190. The van der Waals surface area contributed by atoms with Crippen molar-refractivity contribution in [2.24, 2.45) is 0 Å². The van der Waals surface area contributed by atoms with Crippen LogP contribution < -0.4 is 10.6 Å². The van der Waals surface area contributed by atoms with E-state index in [1.807, 2.05) is 74.6 Å². The molecule has 0 saturated carbocycles. The Kier molecular flexibility index (Phi) is 4.86. The van der Waals surface area contributed by atoms with Gasteiger partial charge in [0.25, 0.3) is 5.91 Å². The molecule has 0 aliphatic carbocycles. The Labute approximate surface area is 191 Å². The maximum Gasteiger partial charge on any atom is 0.315 e. The molecule has 0 saturated heterocycles. The molecule has 1 aliphatic heterocycles. The number of amides is 1. The predicted molar refractivity (Wildman–Crippen MR) is 130 cm³/mol. The van der Waals surface area contributed by atoms with Gasteiger partial charge in [-0.25, -0.2) is 0 Å². The maximum atomic E-state index is 12.9. The first-order valence-corrected chi connectivity index (χ1v) is 10.7. The van der Waals surface area contributed by atoms with Gasteiger partial charge in [0, 0.05) is 17.8 Å². The number of aromatic nitrogens is 1. The average molecular weight is 437 g/mol. The summed E-state index contributed by atoms with van der Waals surface area (Å²) < 4.78 is 4.98. The Morgan fingerprint density at radius 1 is 0.909 bits per heavy atom. The topological polar surface area (TPSA) is 80.3 Å². The highest BCUT2D eigenvalue weighted by Gasteiger charge is 2.32. The second-order valence-corrected chi connectivity index (χ2v) is 8.62. The Morgan fingerprint density at radius 3 is 2.58 bits per heavy atom. The van der Waals surface area contributed by atoms with Crippen molar-refractivity contribution < 1.29 is 14.3 Å². The van der Waals surface area contributed by atoms with Crippen molar-refractivity contribution in [2.45, 2.75) is 19.3 Å². The third-order valence-electron chi connectivity index (χ3n) is 6.21. The Balaban J connectivity index is 1.61. The molecule has 0 unspecified atom stereocenters. The molecule has 6 nitrogen and oxygen atoms in total. The zero-order valence-electron chi connectivity index (χ0n) is 18.6. The zero-order chi connectivity index (χ0) is 23.2. The average Bonchev–Trinajstić information content (AvgIpc) is 2.97. The van der Waals surface area contributed by atoms with Gasteiger partial charge in [-0.15, -0.1) is 0 Å². The second-order valence-electron chi connectivity index (χ2n) is 8.62. The van der Waals surface area contributed by atoms with E-state index in [1.165, 1.54) is 7.11 Å². The summed E-state index contributed by atoms with van der Waals surface area (Å²) >= 11 is 0. The van der Waals surface area contributed by atoms with Gasteiger partial charge < -0.3 is 15.4 Å². The number of hydrogen-bond donors (Lipinski definition) is 2. The molecule has 164 valence electrons. The zero-order valence-corrected chi connectivity index (χ0v) is 18.6. The monoisotopic (exact) mass is 437 g/mol. The van der Waals surface area contributed by atoms with Crippen molar-refractivity contribution in [3.8, 4) is 11.1 Å². The number of nitrogens with one attached hydrogen (secondary N) is 2. The molecule has 2 N–H and O–H groups in total. The molecular weight excluding hydrogens is 414 g/mol. The molecule has 0 atom stereocenters. The SMILES string of the molecule is COC(=O)C(C)(C)c1ccc2c(c1)Nc1cc(-c3cccc4cnccc34)ccc1C(=O)N2. The fraction of sp³-hybridized carbons (Fsp3) is 0.148. The summed E-state index contributed by atoms with van der Waals surface area (Å²) in [6, 6.07) is 19.4. The van der Waals surface area contributed by atoms with Gasteiger partial charge in [0.2, 0.25) is 0 Å². The number of methoxy groups -OCH3 is 1. The number of esters is 1. The third-order valence-corrected chi connectivity index (χ3v) is 6.21. The van der Waals surface area contributed by atoms with Gasteiger partial charge >= 0.3 is 5.97 Å². The summed E-state index contributed by atoms with van der Waals surface area (Å²) in [5.41, 5.74) is 4.62. The van der Waals surface area contributed by atoms with Crippen LogP contribution in [-0.4, -0.2) is 24.0 Å². The standard InChI is InChI=1S/C27H23N3O3/c1-27(2,26(32)33-3)18-8-10-22-24(14-18)29-23-13-16(7-9-21(23)25(31)30-22)19-6-4-5-17-15-28-12-11-20(17)19/h4-15,29H,1-3H3,(H,30,31). The number of ether oxygens (including phenoxy) is 1. The van der Waals surface area contributed by atoms with E-state index in [2.05, 4.69) is 21.7 Å². The first-order valence-electron chi connectivity index (χ1n) is 10.7. The van der Waals surface area contributed by atoms with Gasteiger partial charge in [-0.05, 0) is 66.3 Å². The quantitative estimate of drug-likeness (QED) is 0.404. The van der Waals surface area contributed by atoms with Crippen LogP contribution in [0.1, 0.15) is 29.8 Å². The minimum Gasteiger partial charge on any atom is -0.468 e. The van der Waals surface area contributed by atoms with Crippen LogP contribution in [0.25, 0.3) is 21.9 Å². The van der Waals surface area contributed by atoms with Crippen LogP contribution >= 0.6 is 0 Å². The van der Waals surface area contributed by atoms with E-state index < -0.39 is 5.41 Å². The lowest BCUT2D eigenvalue weighted by Gasteiger charge is -2.23. The van der Waals surface area contributed by atoms with Gasteiger partial charge in [-0.2, -0.15) is 0 Å². The van der Waals surface area contributed by atoms with Crippen molar-refractivity contribution in [1.29, 1.82) is 0 Å². The van der Waals surface area contributed by atoms with Crippen molar-refractivity contribution in [3.63, 3.8) is 0 Å². The molecular formula is C27H23N3O3. The number of anilines is 3. The number of hydrogen-bond acceptors (Lipinski definition) is 5. The van der Waals surface area contributed by atoms with Crippen LogP contribution in [-0.2, 0) is 14.9 Å². The molecule has 33 heavy (non-hydrogen) atoms. The minimum atomic E-state index is -0.830. The van der Waals surface area contributed by atoms with Crippen molar-refractivity contribution >= 4 is 39.7 Å². The highest BCUT2D eigenvalue weighted by Crippen LogP contribution is 2.38. The number of fused-ring (bicyclic) bond motifs is 3. The van der Waals surface area contributed by atoms with Crippen LogP contribution in [0.4, 0.5) is 17.1 Å². The Morgan fingerprint density at radius 2 is 1.76 bits per heavy atom. The number of nitrogens with zero attached hydrogens (tertiary/aromatic N) is 1. The highest BCUT2D eigenvalue weighted by atomic mass is 16.5. The smallest absolute Gasteiger partial charge is 0.315 e. The van der Waals surface area contributed by atoms with Crippen LogP contribution in [0.5, 0.6) is 0 Å². The number of carbonyl (C=O) groups excluding carboxylic acids is 2. The molecule has 4 aromatic rings. The first kappa shape index (κ1) is 20.7. The molecule has 2 heterocycles. The lowest BCUT2D eigenvalue weighted by molar-refractivity contribution is -0.146. The molecule has 0 fully saturated rings. The highest BCUT2D eigenvalue weighted by molar-refractivity contribution is 6.13. The second kappa shape index (κ2) is 7.74. The van der Waals surface area contributed by atoms with Crippen molar-refractivity contribution in [2.75, 3.05) is 17.7 Å². The fourth-order valence-electron chi connectivity index (χ4n) is 4.24. The summed E-state index contributed by atoms with van der Waals surface area (Å²) in [4.78, 5) is 29.5. The third kappa shape index (κ3) is 3.49. The van der Waals surface area contributed by atoms with Gasteiger partial charge in [-0.3, -0.25) is 14.6 Å². The number of pyridine rings is 1. The fourth-order valence-corrected chi connectivity index (χ4v) is 4.24. The molecule has 1 aliphatic rings. The number of benzene rings is 3. The van der Waals surface area contributed by atoms with Gasteiger partial charge in [0.1, 0.15) is 0 Å². The van der Waals surface area contributed by atoms with Gasteiger partial charge in [-0.1, -0.05) is 30.3 Å². The molecule has 0 bridgehead atoms. The Hall–Kier alpha value is -4.19. The number of carbonyl (C=O) groups is 2. The van der Waals surface area contributed by atoms with Crippen molar-refractivity contribution in [1.82, 2.24) is 4.98 Å². The largest absolute Gasteiger partial charge is 0.468 e. The lowest BCUT2D eigenvalue weighted by Crippen LogP contribution is -2.30. The van der Waals surface area contributed by atoms with E-state index in [-0.39, 0.29) is 11.9 Å². The number of rotatable bonds is 3. The van der Waals surface area contributed by atoms with E-state index in [1.54, 1.807) is 6.20 Å². The first-order chi connectivity index (χ1) is 15.9. The van der Waals surface area contributed by atoms with Crippen LogP contribution in [0.3, 0.4) is 0 Å². The summed E-state index contributed by atoms with van der Waals surface area (Å²) in [7, 11) is 1.38. The van der Waals surface area contributed by atoms with E-state index in [0.29, 0.717) is 16.9 Å². The molecule has 0 spiro atoms. The van der Waals surface area contributed by atoms with Crippen molar-refractivity contribution in [3.05, 3.63) is 84.2 Å². The molecule has 1 amide bonds. The molecule has 6 heteroatoms. The predicted octanol–water partition coefficient (Wildman–Crippen LogP) is 5.66. The van der Waals surface area contributed by atoms with Crippen LogP contribution in [0.15, 0.2) is 73.1 Å². The summed E-state index contributed by atoms with van der Waals surface area (Å²) in [5.74, 6) is -0.516. The molecule has 5 rings (SSSR count). The normalized spacial score (nSPS) is 12.8. The van der Waals surface area contributed by atoms with Gasteiger partial charge in [0.15, 0.2) is 0 Å². The van der Waals surface area contributed by atoms with E-state index in [4.69, 9.17) is 4.74 Å².